The SMILES string of the molecule is CC(C)C(Br)C(=O)N1CC(O)(C(C)C)C1. The van der Waals surface area contributed by atoms with Crippen LogP contribution in [-0.4, -0.2) is 39.4 Å². The number of alkyl halides is 1. The van der Waals surface area contributed by atoms with Crippen molar-refractivity contribution in [3.8, 4) is 0 Å². The van der Waals surface area contributed by atoms with E-state index in [1.807, 2.05) is 27.7 Å². The number of halogens is 1. The Morgan fingerprint density at radius 1 is 1.33 bits per heavy atom. The molecule has 3 nitrogen and oxygen atoms in total. The maximum atomic E-state index is 11.8. The monoisotopic (exact) mass is 277 g/mol. The molecule has 15 heavy (non-hydrogen) atoms. The van der Waals surface area contributed by atoms with Crippen molar-refractivity contribution in [3.63, 3.8) is 0 Å². The molecule has 0 radical (unpaired) electrons. The summed E-state index contributed by atoms with van der Waals surface area (Å²) in [5.41, 5.74) is -0.667. The third kappa shape index (κ3) is 2.53. The molecule has 0 saturated carbocycles. The molecule has 1 heterocycles. The molecule has 0 bridgehead atoms. The fraction of sp³-hybridized carbons (Fsp3) is 0.909. The first-order valence-corrected chi connectivity index (χ1v) is 6.34. The fourth-order valence-electron chi connectivity index (χ4n) is 1.60. The summed E-state index contributed by atoms with van der Waals surface area (Å²) >= 11 is 3.38. The van der Waals surface area contributed by atoms with Crippen LogP contribution in [0.3, 0.4) is 0 Å². The van der Waals surface area contributed by atoms with Gasteiger partial charge in [0.05, 0.1) is 17.9 Å². The minimum absolute atomic E-state index is 0.0929. The van der Waals surface area contributed by atoms with E-state index in [2.05, 4.69) is 15.9 Å². The fourth-order valence-corrected chi connectivity index (χ4v) is 1.88. The van der Waals surface area contributed by atoms with E-state index in [1.165, 1.54) is 0 Å². The first kappa shape index (κ1) is 13.0. The highest BCUT2D eigenvalue weighted by Crippen LogP contribution is 2.30. The van der Waals surface area contributed by atoms with Crippen molar-refractivity contribution in [3.05, 3.63) is 0 Å². The van der Waals surface area contributed by atoms with E-state index in [9.17, 15) is 9.90 Å². The average Bonchev–Trinajstić information content (AvgIpc) is 2.09. The number of nitrogens with zero attached hydrogens (tertiary/aromatic N) is 1. The van der Waals surface area contributed by atoms with Crippen molar-refractivity contribution in [1.29, 1.82) is 0 Å². The van der Waals surface area contributed by atoms with Gasteiger partial charge in [-0.2, -0.15) is 0 Å². The molecule has 88 valence electrons. The van der Waals surface area contributed by atoms with Gasteiger partial charge in [0.15, 0.2) is 0 Å². The van der Waals surface area contributed by atoms with Crippen molar-refractivity contribution in [2.24, 2.45) is 11.8 Å². The molecule has 1 fully saturated rings. The van der Waals surface area contributed by atoms with E-state index in [-0.39, 0.29) is 22.6 Å². The summed E-state index contributed by atoms with van der Waals surface area (Å²) in [4.78, 5) is 13.4. The third-order valence-corrected chi connectivity index (χ3v) is 4.59. The molecular weight excluding hydrogens is 258 g/mol. The number of rotatable bonds is 3. The molecule has 0 aromatic heterocycles. The van der Waals surface area contributed by atoms with Crippen LogP contribution in [-0.2, 0) is 4.79 Å². The van der Waals surface area contributed by atoms with Crippen LogP contribution in [0.2, 0.25) is 0 Å². The normalized spacial score (nSPS) is 21.7. The highest BCUT2D eigenvalue weighted by atomic mass is 79.9. The van der Waals surface area contributed by atoms with E-state index in [4.69, 9.17) is 0 Å². The maximum Gasteiger partial charge on any atom is 0.236 e. The van der Waals surface area contributed by atoms with Crippen molar-refractivity contribution in [2.45, 2.75) is 38.1 Å². The molecule has 1 atom stereocenters. The molecule has 0 aromatic rings. The predicted molar refractivity (Wildman–Crippen MR) is 63.9 cm³/mol. The van der Waals surface area contributed by atoms with Crippen LogP contribution in [0, 0.1) is 11.8 Å². The zero-order valence-corrected chi connectivity index (χ0v) is 11.4. The van der Waals surface area contributed by atoms with E-state index in [0.29, 0.717) is 13.1 Å². The number of β-amino-alcohol motifs (C(OH)–C–C–N with tert-alkyl or cyclic N) is 1. The van der Waals surface area contributed by atoms with Gasteiger partial charge in [-0.1, -0.05) is 43.6 Å². The Morgan fingerprint density at radius 2 is 1.80 bits per heavy atom. The smallest absolute Gasteiger partial charge is 0.236 e. The Balaban J connectivity index is 2.49. The quantitative estimate of drug-likeness (QED) is 0.797. The van der Waals surface area contributed by atoms with Crippen molar-refractivity contribution in [1.82, 2.24) is 4.90 Å². The molecule has 1 saturated heterocycles. The lowest BCUT2D eigenvalue weighted by Gasteiger charge is -2.49. The average molecular weight is 278 g/mol. The standard InChI is InChI=1S/C11H20BrNO2/c1-7(2)9(12)10(14)13-5-11(15,6-13)8(3)4/h7-9,15H,5-6H2,1-4H3. The lowest BCUT2D eigenvalue weighted by Crippen LogP contribution is -2.67. The number of likely N-dealkylation sites (tertiary alicyclic amines) is 1. The molecule has 0 spiro atoms. The van der Waals surface area contributed by atoms with Gasteiger partial charge in [0, 0.05) is 0 Å². The van der Waals surface area contributed by atoms with Crippen LogP contribution in [0.1, 0.15) is 27.7 Å². The predicted octanol–water partition coefficient (Wildman–Crippen LogP) is 1.64. The van der Waals surface area contributed by atoms with Gasteiger partial charge < -0.3 is 10.0 Å². The number of carbonyl (C=O) groups is 1. The van der Waals surface area contributed by atoms with Gasteiger partial charge in [-0.25, -0.2) is 0 Å². The number of hydrogen-bond acceptors (Lipinski definition) is 2. The van der Waals surface area contributed by atoms with Crippen LogP contribution < -0.4 is 0 Å². The summed E-state index contributed by atoms with van der Waals surface area (Å²) in [6, 6.07) is 0. The summed E-state index contributed by atoms with van der Waals surface area (Å²) in [5.74, 6) is 0.579. The van der Waals surface area contributed by atoms with Crippen molar-refractivity contribution >= 4 is 21.8 Å². The minimum atomic E-state index is -0.667. The Labute approximate surface area is 100.0 Å². The first-order chi connectivity index (χ1) is 6.78. The van der Waals surface area contributed by atoms with E-state index in [1.54, 1.807) is 4.90 Å². The molecule has 1 amide bonds. The Kier molecular flexibility index (Phi) is 3.82. The van der Waals surface area contributed by atoms with Gasteiger partial charge in [0.2, 0.25) is 5.91 Å². The third-order valence-electron chi connectivity index (χ3n) is 3.14. The van der Waals surface area contributed by atoms with Gasteiger partial charge in [0.1, 0.15) is 5.60 Å². The van der Waals surface area contributed by atoms with Crippen molar-refractivity contribution < 1.29 is 9.90 Å². The lowest BCUT2D eigenvalue weighted by molar-refractivity contribution is -0.163. The molecular formula is C11H20BrNO2. The van der Waals surface area contributed by atoms with Crippen molar-refractivity contribution in [2.75, 3.05) is 13.1 Å². The number of amides is 1. The second-order valence-corrected chi connectivity index (χ2v) is 6.08. The van der Waals surface area contributed by atoms with Gasteiger partial charge >= 0.3 is 0 Å². The molecule has 1 N–H and O–H groups in total. The number of carbonyl (C=O) groups excluding carboxylic acids is 1. The summed E-state index contributed by atoms with van der Waals surface area (Å²) in [6.07, 6.45) is 0. The molecule has 0 aliphatic carbocycles. The molecule has 1 aliphatic heterocycles. The van der Waals surface area contributed by atoms with E-state index >= 15 is 0 Å². The molecule has 1 rings (SSSR count). The van der Waals surface area contributed by atoms with Gasteiger partial charge in [-0.05, 0) is 11.8 Å². The Bertz CT molecular complexity index is 247. The van der Waals surface area contributed by atoms with Crippen LogP contribution >= 0.6 is 15.9 Å². The van der Waals surface area contributed by atoms with E-state index in [0.717, 1.165) is 0 Å². The topological polar surface area (TPSA) is 40.5 Å². The Hall–Kier alpha value is -0.0900. The second-order valence-electron chi connectivity index (χ2n) is 5.10. The van der Waals surface area contributed by atoms with E-state index < -0.39 is 5.60 Å². The molecule has 0 aromatic carbocycles. The van der Waals surface area contributed by atoms with Crippen LogP contribution in [0.5, 0.6) is 0 Å². The minimum Gasteiger partial charge on any atom is -0.386 e. The van der Waals surface area contributed by atoms with Crippen LogP contribution in [0.25, 0.3) is 0 Å². The Morgan fingerprint density at radius 3 is 2.13 bits per heavy atom. The highest BCUT2D eigenvalue weighted by molar-refractivity contribution is 9.10. The molecule has 1 aliphatic rings. The lowest BCUT2D eigenvalue weighted by atomic mass is 9.82. The largest absolute Gasteiger partial charge is 0.386 e. The number of hydrogen-bond donors (Lipinski definition) is 1. The van der Waals surface area contributed by atoms with Gasteiger partial charge in [-0.15, -0.1) is 0 Å². The summed E-state index contributed by atoms with van der Waals surface area (Å²) in [7, 11) is 0. The van der Waals surface area contributed by atoms with Crippen LogP contribution in [0.4, 0.5) is 0 Å². The maximum absolute atomic E-state index is 11.8. The number of aliphatic hydroxyl groups is 1. The summed E-state index contributed by atoms with van der Waals surface area (Å²) in [6.45, 7) is 8.92. The molecule has 4 heteroatoms. The van der Waals surface area contributed by atoms with Gasteiger partial charge in [-0.3, -0.25) is 4.79 Å². The summed E-state index contributed by atoms with van der Waals surface area (Å²) in [5, 5.41) is 10.0. The highest BCUT2D eigenvalue weighted by Gasteiger charge is 2.46. The summed E-state index contributed by atoms with van der Waals surface area (Å²) < 4.78 is 0. The zero-order valence-electron chi connectivity index (χ0n) is 9.83. The van der Waals surface area contributed by atoms with Gasteiger partial charge in [0.25, 0.3) is 0 Å². The first-order valence-electron chi connectivity index (χ1n) is 5.43. The second kappa shape index (κ2) is 4.42. The molecule has 1 unspecified atom stereocenters. The zero-order chi connectivity index (χ0) is 11.8. The van der Waals surface area contributed by atoms with Crippen LogP contribution in [0.15, 0.2) is 0 Å².